The number of hydrogen-bond acceptors (Lipinski definition) is 1. The highest BCUT2D eigenvalue weighted by atomic mass is 16.1. The SMILES string of the molecule is CCC1=CC(=O)[C@H](C)[C@@H](C)[C@@H]1C. The summed E-state index contributed by atoms with van der Waals surface area (Å²) < 4.78 is 0. The number of allylic oxidation sites excluding steroid dienone is 2. The van der Waals surface area contributed by atoms with Crippen LogP contribution < -0.4 is 0 Å². The fraction of sp³-hybridized carbons (Fsp3) is 0.727. The second kappa shape index (κ2) is 3.42. The summed E-state index contributed by atoms with van der Waals surface area (Å²) in [6.07, 6.45) is 2.87. The molecule has 3 atom stereocenters. The Morgan fingerprint density at radius 3 is 2.33 bits per heavy atom. The van der Waals surface area contributed by atoms with Crippen LogP contribution in [0.5, 0.6) is 0 Å². The van der Waals surface area contributed by atoms with E-state index >= 15 is 0 Å². The fourth-order valence-corrected chi connectivity index (χ4v) is 1.90. The van der Waals surface area contributed by atoms with Gasteiger partial charge in [-0.15, -0.1) is 0 Å². The Bertz CT molecular complexity index is 215. The number of rotatable bonds is 1. The summed E-state index contributed by atoms with van der Waals surface area (Å²) in [5, 5.41) is 0. The topological polar surface area (TPSA) is 17.1 Å². The predicted octanol–water partition coefficient (Wildman–Crippen LogP) is 2.81. The number of hydrogen-bond donors (Lipinski definition) is 0. The second-order valence-corrected chi connectivity index (χ2v) is 3.91. The van der Waals surface area contributed by atoms with Gasteiger partial charge in [0.2, 0.25) is 0 Å². The molecule has 0 aromatic heterocycles. The Balaban J connectivity index is 2.91. The van der Waals surface area contributed by atoms with Crippen LogP contribution in [0.3, 0.4) is 0 Å². The summed E-state index contributed by atoms with van der Waals surface area (Å²) in [7, 11) is 0. The Kier molecular flexibility index (Phi) is 2.71. The van der Waals surface area contributed by atoms with Crippen LogP contribution in [0.25, 0.3) is 0 Å². The zero-order valence-corrected chi connectivity index (χ0v) is 8.42. The molecule has 0 heterocycles. The maximum atomic E-state index is 11.4. The summed E-state index contributed by atoms with van der Waals surface area (Å²) >= 11 is 0. The fourth-order valence-electron chi connectivity index (χ4n) is 1.90. The molecule has 0 saturated carbocycles. The van der Waals surface area contributed by atoms with Gasteiger partial charge in [-0.25, -0.2) is 0 Å². The Labute approximate surface area is 74.9 Å². The van der Waals surface area contributed by atoms with Gasteiger partial charge in [0.25, 0.3) is 0 Å². The third-order valence-corrected chi connectivity index (χ3v) is 3.35. The minimum Gasteiger partial charge on any atom is -0.295 e. The molecule has 0 fully saturated rings. The van der Waals surface area contributed by atoms with Crippen molar-refractivity contribution >= 4 is 5.78 Å². The lowest BCUT2D eigenvalue weighted by atomic mass is 9.73. The van der Waals surface area contributed by atoms with E-state index in [0.29, 0.717) is 17.6 Å². The van der Waals surface area contributed by atoms with Crippen molar-refractivity contribution in [3.8, 4) is 0 Å². The van der Waals surface area contributed by atoms with Gasteiger partial charge >= 0.3 is 0 Å². The van der Waals surface area contributed by atoms with Gasteiger partial charge in [0.15, 0.2) is 5.78 Å². The molecule has 1 heteroatoms. The van der Waals surface area contributed by atoms with E-state index in [-0.39, 0.29) is 5.92 Å². The van der Waals surface area contributed by atoms with E-state index < -0.39 is 0 Å². The van der Waals surface area contributed by atoms with Gasteiger partial charge in [-0.3, -0.25) is 4.79 Å². The minimum absolute atomic E-state index is 0.218. The van der Waals surface area contributed by atoms with Gasteiger partial charge < -0.3 is 0 Å². The van der Waals surface area contributed by atoms with Crippen molar-refractivity contribution in [3.05, 3.63) is 11.6 Å². The van der Waals surface area contributed by atoms with Crippen molar-refractivity contribution in [1.29, 1.82) is 0 Å². The first-order chi connectivity index (χ1) is 5.57. The Morgan fingerprint density at radius 2 is 1.83 bits per heavy atom. The standard InChI is InChI=1S/C11H18O/c1-5-10-6-11(12)9(4)7(2)8(10)3/h6-9H,5H2,1-4H3/t7-,8-,9+/m0/s1. The molecule has 0 aromatic carbocycles. The molecule has 0 aromatic rings. The molecule has 0 spiro atoms. The average molecular weight is 166 g/mol. The molecule has 1 rings (SSSR count). The number of ketones is 1. The molecular formula is C11H18O. The predicted molar refractivity (Wildman–Crippen MR) is 50.9 cm³/mol. The largest absolute Gasteiger partial charge is 0.295 e. The molecule has 0 amide bonds. The van der Waals surface area contributed by atoms with Crippen LogP contribution in [0, 0.1) is 17.8 Å². The van der Waals surface area contributed by atoms with E-state index in [9.17, 15) is 4.79 Å². The van der Waals surface area contributed by atoms with E-state index in [0.717, 1.165) is 6.42 Å². The molecule has 1 aliphatic carbocycles. The highest BCUT2D eigenvalue weighted by Gasteiger charge is 2.29. The molecule has 0 N–H and O–H groups in total. The van der Waals surface area contributed by atoms with Gasteiger partial charge in [-0.2, -0.15) is 0 Å². The van der Waals surface area contributed by atoms with Crippen LogP contribution in [0.2, 0.25) is 0 Å². The second-order valence-electron chi connectivity index (χ2n) is 3.91. The molecular weight excluding hydrogens is 148 g/mol. The van der Waals surface area contributed by atoms with Gasteiger partial charge in [-0.1, -0.05) is 33.3 Å². The summed E-state index contributed by atoms with van der Waals surface area (Å²) in [6.45, 7) is 8.56. The van der Waals surface area contributed by atoms with Crippen molar-refractivity contribution in [2.24, 2.45) is 17.8 Å². The zero-order valence-electron chi connectivity index (χ0n) is 8.42. The van der Waals surface area contributed by atoms with Crippen molar-refractivity contribution in [1.82, 2.24) is 0 Å². The first-order valence-electron chi connectivity index (χ1n) is 4.82. The monoisotopic (exact) mass is 166 g/mol. The van der Waals surface area contributed by atoms with Gasteiger partial charge in [0, 0.05) is 5.92 Å². The first kappa shape index (κ1) is 9.50. The quantitative estimate of drug-likeness (QED) is 0.585. The van der Waals surface area contributed by atoms with Crippen LogP contribution in [0.4, 0.5) is 0 Å². The Morgan fingerprint density at radius 1 is 1.25 bits per heavy atom. The van der Waals surface area contributed by atoms with Crippen molar-refractivity contribution in [2.75, 3.05) is 0 Å². The van der Waals surface area contributed by atoms with Crippen molar-refractivity contribution < 1.29 is 4.79 Å². The van der Waals surface area contributed by atoms with Gasteiger partial charge in [0.05, 0.1) is 0 Å². The minimum atomic E-state index is 0.218. The number of carbonyl (C=O) groups excluding carboxylic acids is 1. The number of carbonyl (C=O) groups is 1. The van der Waals surface area contributed by atoms with E-state index in [4.69, 9.17) is 0 Å². The molecule has 0 saturated heterocycles. The molecule has 0 unspecified atom stereocenters. The highest BCUT2D eigenvalue weighted by Crippen LogP contribution is 2.33. The van der Waals surface area contributed by atoms with E-state index in [1.807, 2.05) is 13.0 Å². The highest BCUT2D eigenvalue weighted by molar-refractivity contribution is 5.93. The summed E-state index contributed by atoms with van der Waals surface area (Å²) in [5.41, 5.74) is 1.32. The maximum Gasteiger partial charge on any atom is 0.158 e. The molecule has 0 radical (unpaired) electrons. The van der Waals surface area contributed by atoms with Crippen LogP contribution in [-0.2, 0) is 4.79 Å². The average Bonchev–Trinajstić information content (AvgIpc) is 2.08. The summed E-state index contributed by atoms with van der Waals surface area (Å²) in [4.78, 5) is 11.4. The van der Waals surface area contributed by atoms with Gasteiger partial charge in [-0.05, 0) is 24.3 Å². The van der Waals surface area contributed by atoms with Crippen LogP contribution in [0.15, 0.2) is 11.6 Å². The maximum absolute atomic E-state index is 11.4. The smallest absolute Gasteiger partial charge is 0.158 e. The summed E-state index contributed by atoms with van der Waals surface area (Å²) in [6, 6.07) is 0. The summed E-state index contributed by atoms with van der Waals surface area (Å²) in [5.74, 6) is 1.63. The lowest BCUT2D eigenvalue weighted by molar-refractivity contribution is -0.120. The molecule has 1 aliphatic rings. The normalized spacial score (nSPS) is 36.5. The zero-order chi connectivity index (χ0) is 9.30. The lowest BCUT2D eigenvalue weighted by Crippen LogP contribution is -2.29. The molecule has 1 nitrogen and oxygen atoms in total. The van der Waals surface area contributed by atoms with Crippen molar-refractivity contribution in [2.45, 2.75) is 34.1 Å². The first-order valence-corrected chi connectivity index (χ1v) is 4.82. The van der Waals surface area contributed by atoms with E-state index in [1.165, 1.54) is 5.57 Å². The lowest BCUT2D eigenvalue weighted by Gasteiger charge is -2.30. The van der Waals surface area contributed by atoms with Crippen LogP contribution in [-0.4, -0.2) is 5.78 Å². The Hall–Kier alpha value is -0.590. The third-order valence-electron chi connectivity index (χ3n) is 3.35. The molecule has 12 heavy (non-hydrogen) atoms. The third kappa shape index (κ3) is 1.45. The van der Waals surface area contributed by atoms with E-state index in [1.54, 1.807) is 0 Å². The van der Waals surface area contributed by atoms with Gasteiger partial charge in [0.1, 0.15) is 0 Å². The van der Waals surface area contributed by atoms with Crippen LogP contribution >= 0.6 is 0 Å². The van der Waals surface area contributed by atoms with E-state index in [2.05, 4.69) is 20.8 Å². The molecule has 0 aliphatic heterocycles. The van der Waals surface area contributed by atoms with Crippen molar-refractivity contribution in [3.63, 3.8) is 0 Å². The molecule has 68 valence electrons. The molecule has 0 bridgehead atoms. The van der Waals surface area contributed by atoms with Crippen LogP contribution in [0.1, 0.15) is 34.1 Å².